The molecule has 5 nitrogen and oxygen atoms in total. The van der Waals surface area contributed by atoms with E-state index in [0.717, 1.165) is 0 Å². The highest BCUT2D eigenvalue weighted by molar-refractivity contribution is 6.30. The lowest BCUT2D eigenvalue weighted by atomic mass is 10.0. The molecule has 0 saturated heterocycles. The van der Waals surface area contributed by atoms with E-state index in [1.165, 1.54) is 0 Å². The van der Waals surface area contributed by atoms with Gasteiger partial charge >= 0.3 is 0 Å². The third-order valence-electron chi connectivity index (χ3n) is 2.79. The minimum absolute atomic E-state index is 0.0241. The maximum Gasteiger partial charge on any atom is 0.251 e. The number of carbonyl (C=O) groups excluding carboxylic acids is 2. The van der Waals surface area contributed by atoms with Crippen LogP contribution in [-0.4, -0.2) is 30.9 Å². The van der Waals surface area contributed by atoms with Gasteiger partial charge in [0, 0.05) is 23.7 Å². The summed E-state index contributed by atoms with van der Waals surface area (Å²) >= 11 is 5.77. The van der Waals surface area contributed by atoms with Crippen molar-refractivity contribution < 1.29 is 9.59 Å². The van der Waals surface area contributed by atoms with Crippen molar-refractivity contribution in [1.29, 1.82) is 0 Å². The number of halogens is 1. The molecule has 1 rings (SSSR count). The van der Waals surface area contributed by atoms with Gasteiger partial charge < -0.3 is 16.4 Å². The zero-order chi connectivity index (χ0) is 15.1. The molecule has 1 aromatic rings. The van der Waals surface area contributed by atoms with Gasteiger partial charge in [-0.15, -0.1) is 0 Å². The van der Waals surface area contributed by atoms with Crippen molar-refractivity contribution in [3.8, 4) is 0 Å². The number of benzene rings is 1. The molecule has 0 bridgehead atoms. The van der Waals surface area contributed by atoms with Crippen molar-refractivity contribution in [2.45, 2.75) is 19.9 Å². The Labute approximate surface area is 123 Å². The quantitative estimate of drug-likeness (QED) is 0.737. The van der Waals surface area contributed by atoms with E-state index in [-0.39, 0.29) is 17.7 Å². The molecular weight excluding hydrogens is 278 g/mol. The highest BCUT2D eigenvalue weighted by Crippen LogP contribution is 2.10. The van der Waals surface area contributed by atoms with E-state index < -0.39 is 6.04 Å². The Bertz CT molecular complexity index is 460. The van der Waals surface area contributed by atoms with Gasteiger partial charge in [0.05, 0.1) is 0 Å². The van der Waals surface area contributed by atoms with Crippen LogP contribution >= 0.6 is 11.6 Å². The smallest absolute Gasteiger partial charge is 0.251 e. The van der Waals surface area contributed by atoms with Crippen molar-refractivity contribution in [3.63, 3.8) is 0 Å². The number of nitrogens with two attached hydrogens (primary N) is 1. The average molecular weight is 298 g/mol. The number of amides is 2. The molecule has 0 aromatic heterocycles. The first-order valence-electron chi connectivity index (χ1n) is 6.50. The van der Waals surface area contributed by atoms with E-state index in [4.69, 9.17) is 17.3 Å². The van der Waals surface area contributed by atoms with E-state index in [9.17, 15) is 9.59 Å². The van der Waals surface area contributed by atoms with E-state index in [1.807, 2.05) is 13.8 Å². The Morgan fingerprint density at radius 3 is 2.35 bits per heavy atom. The molecule has 0 fully saturated rings. The SMILES string of the molecule is CC(C)C(NC(=O)c1ccc(Cl)cc1)C(=O)NCCN. The Balaban J connectivity index is 2.72. The summed E-state index contributed by atoms with van der Waals surface area (Å²) in [6, 6.07) is 5.91. The molecule has 0 aliphatic carbocycles. The summed E-state index contributed by atoms with van der Waals surface area (Å²) in [7, 11) is 0. The van der Waals surface area contributed by atoms with Gasteiger partial charge in [-0.05, 0) is 30.2 Å². The van der Waals surface area contributed by atoms with Crippen LogP contribution < -0.4 is 16.4 Å². The molecule has 6 heteroatoms. The first-order chi connectivity index (χ1) is 9.45. The Kier molecular flexibility index (Phi) is 6.48. The lowest BCUT2D eigenvalue weighted by molar-refractivity contribution is -0.123. The van der Waals surface area contributed by atoms with E-state index in [2.05, 4.69) is 10.6 Å². The minimum Gasteiger partial charge on any atom is -0.353 e. The third-order valence-corrected chi connectivity index (χ3v) is 3.04. The second-order valence-electron chi connectivity index (χ2n) is 4.78. The molecule has 0 heterocycles. The average Bonchev–Trinajstić information content (AvgIpc) is 2.42. The van der Waals surface area contributed by atoms with E-state index in [1.54, 1.807) is 24.3 Å². The number of carbonyl (C=O) groups is 2. The molecule has 2 amide bonds. The van der Waals surface area contributed by atoms with Crippen LogP contribution in [0.25, 0.3) is 0 Å². The summed E-state index contributed by atoms with van der Waals surface area (Å²) < 4.78 is 0. The van der Waals surface area contributed by atoms with Crippen LogP contribution in [0.5, 0.6) is 0 Å². The van der Waals surface area contributed by atoms with Crippen LogP contribution in [0.4, 0.5) is 0 Å². The second-order valence-corrected chi connectivity index (χ2v) is 5.22. The van der Waals surface area contributed by atoms with Gasteiger partial charge in [-0.2, -0.15) is 0 Å². The topological polar surface area (TPSA) is 84.2 Å². The van der Waals surface area contributed by atoms with Gasteiger partial charge in [0.25, 0.3) is 5.91 Å². The molecular formula is C14H20ClN3O2. The monoisotopic (exact) mass is 297 g/mol. The number of hydrogen-bond acceptors (Lipinski definition) is 3. The second kappa shape index (κ2) is 7.87. The highest BCUT2D eigenvalue weighted by Gasteiger charge is 2.24. The van der Waals surface area contributed by atoms with Crippen molar-refractivity contribution in [2.24, 2.45) is 11.7 Å². The molecule has 20 heavy (non-hydrogen) atoms. The predicted octanol–water partition coefficient (Wildman–Crippen LogP) is 1.17. The number of rotatable bonds is 6. The summed E-state index contributed by atoms with van der Waals surface area (Å²) in [5.74, 6) is -0.556. The minimum atomic E-state index is -0.593. The summed E-state index contributed by atoms with van der Waals surface area (Å²) in [5, 5.41) is 5.96. The van der Waals surface area contributed by atoms with E-state index in [0.29, 0.717) is 23.7 Å². The van der Waals surface area contributed by atoms with Crippen LogP contribution in [0.15, 0.2) is 24.3 Å². The predicted molar refractivity (Wildman–Crippen MR) is 79.6 cm³/mol. The molecule has 110 valence electrons. The fraction of sp³-hybridized carbons (Fsp3) is 0.429. The molecule has 1 aromatic carbocycles. The lowest BCUT2D eigenvalue weighted by Crippen LogP contribution is -2.50. The zero-order valence-corrected chi connectivity index (χ0v) is 12.4. The molecule has 0 aliphatic heterocycles. The van der Waals surface area contributed by atoms with Crippen molar-refractivity contribution in [1.82, 2.24) is 10.6 Å². The molecule has 4 N–H and O–H groups in total. The van der Waals surface area contributed by atoms with Crippen molar-refractivity contribution in [2.75, 3.05) is 13.1 Å². The summed E-state index contributed by atoms with van der Waals surface area (Å²) in [6.07, 6.45) is 0. The summed E-state index contributed by atoms with van der Waals surface area (Å²) in [6.45, 7) is 4.49. The van der Waals surface area contributed by atoms with Crippen LogP contribution in [-0.2, 0) is 4.79 Å². The highest BCUT2D eigenvalue weighted by atomic mass is 35.5. The van der Waals surface area contributed by atoms with Crippen molar-refractivity contribution in [3.05, 3.63) is 34.9 Å². The number of hydrogen-bond donors (Lipinski definition) is 3. The van der Waals surface area contributed by atoms with E-state index >= 15 is 0 Å². The van der Waals surface area contributed by atoms with Gasteiger partial charge in [0.2, 0.25) is 5.91 Å². The van der Waals surface area contributed by atoms with Crippen LogP contribution in [0.2, 0.25) is 5.02 Å². The van der Waals surface area contributed by atoms with Crippen LogP contribution in [0.3, 0.4) is 0 Å². The van der Waals surface area contributed by atoms with Gasteiger partial charge in [0.1, 0.15) is 6.04 Å². The molecule has 0 saturated carbocycles. The summed E-state index contributed by atoms with van der Waals surface area (Å²) in [4.78, 5) is 24.1. The molecule has 1 atom stereocenters. The first-order valence-corrected chi connectivity index (χ1v) is 6.87. The Morgan fingerprint density at radius 2 is 1.85 bits per heavy atom. The Morgan fingerprint density at radius 1 is 1.25 bits per heavy atom. The van der Waals surface area contributed by atoms with Crippen LogP contribution in [0, 0.1) is 5.92 Å². The molecule has 0 aliphatic rings. The van der Waals surface area contributed by atoms with Crippen LogP contribution in [0.1, 0.15) is 24.2 Å². The normalized spacial score (nSPS) is 12.1. The summed E-state index contributed by atoms with van der Waals surface area (Å²) in [5.41, 5.74) is 5.81. The van der Waals surface area contributed by atoms with Gasteiger partial charge in [0.15, 0.2) is 0 Å². The molecule has 1 unspecified atom stereocenters. The maximum atomic E-state index is 12.1. The fourth-order valence-electron chi connectivity index (χ4n) is 1.67. The number of nitrogens with one attached hydrogen (secondary N) is 2. The van der Waals surface area contributed by atoms with Gasteiger partial charge in [-0.3, -0.25) is 9.59 Å². The fourth-order valence-corrected chi connectivity index (χ4v) is 1.79. The van der Waals surface area contributed by atoms with Gasteiger partial charge in [-0.1, -0.05) is 25.4 Å². The van der Waals surface area contributed by atoms with Gasteiger partial charge in [-0.25, -0.2) is 0 Å². The lowest BCUT2D eigenvalue weighted by Gasteiger charge is -2.21. The standard InChI is InChI=1S/C14H20ClN3O2/c1-9(2)12(14(20)17-8-7-16)18-13(19)10-3-5-11(15)6-4-10/h3-6,9,12H,7-8,16H2,1-2H3,(H,17,20)(H,18,19). The Hall–Kier alpha value is -1.59. The zero-order valence-electron chi connectivity index (χ0n) is 11.7. The van der Waals surface area contributed by atoms with Crippen molar-refractivity contribution >= 4 is 23.4 Å². The first kappa shape index (κ1) is 16.5. The largest absolute Gasteiger partial charge is 0.353 e. The maximum absolute atomic E-state index is 12.1. The molecule has 0 spiro atoms. The molecule has 0 radical (unpaired) electrons. The third kappa shape index (κ3) is 4.83.